The quantitative estimate of drug-likeness (QED) is 0.648. The zero-order valence-corrected chi connectivity index (χ0v) is 15.2. The maximum absolute atomic E-state index is 12.8. The van der Waals surface area contributed by atoms with Gasteiger partial charge in [0.15, 0.2) is 0 Å². The van der Waals surface area contributed by atoms with Gasteiger partial charge in [-0.3, -0.25) is 19.7 Å². The van der Waals surface area contributed by atoms with Gasteiger partial charge in [-0.25, -0.2) is 0 Å². The SMILES string of the molecule is C[C@H](C[C@@H](C)N)NCc1ccc2c(c1)C(=O)N(C1CCC(=O)NC1=O)C2. The Hall–Kier alpha value is -2.25. The van der Waals surface area contributed by atoms with Gasteiger partial charge in [0.25, 0.3) is 5.91 Å². The number of benzene rings is 1. The van der Waals surface area contributed by atoms with Crippen molar-refractivity contribution in [3.8, 4) is 0 Å². The average Bonchev–Trinajstić information content (AvgIpc) is 2.89. The van der Waals surface area contributed by atoms with Gasteiger partial charge in [-0.1, -0.05) is 12.1 Å². The number of hydrogen-bond donors (Lipinski definition) is 3. The van der Waals surface area contributed by atoms with Crippen LogP contribution in [-0.2, 0) is 22.7 Å². The molecule has 0 radical (unpaired) electrons. The fourth-order valence-electron chi connectivity index (χ4n) is 3.64. The number of carbonyl (C=O) groups excluding carboxylic acids is 3. The zero-order valence-electron chi connectivity index (χ0n) is 15.2. The van der Waals surface area contributed by atoms with Gasteiger partial charge >= 0.3 is 0 Å². The minimum absolute atomic E-state index is 0.139. The molecule has 2 aliphatic rings. The Kier molecular flexibility index (Phi) is 5.38. The van der Waals surface area contributed by atoms with Crippen LogP contribution in [0.15, 0.2) is 18.2 Å². The van der Waals surface area contributed by atoms with Crippen LogP contribution in [0.1, 0.15) is 54.6 Å². The molecule has 0 saturated carbocycles. The number of fused-ring (bicyclic) bond motifs is 1. The topological polar surface area (TPSA) is 105 Å². The molecule has 0 spiro atoms. The molecular formula is C19H26N4O3. The van der Waals surface area contributed by atoms with Gasteiger partial charge in [-0.15, -0.1) is 0 Å². The molecule has 26 heavy (non-hydrogen) atoms. The molecule has 140 valence electrons. The van der Waals surface area contributed by atoms with Crippen LogP contribution in [0, 0.1) is 0 Å². The van der Waals surface area contributed by atoms with E-state index in [-0.39, 0.29) is 30.2 Å². The van der Waals surface area contributed by atoms with Crippen molar-refractivity contribution in [2.24, 2.45) is 5.73 Å². The highest BCUT2D eigenvalue weighted by Gasteiger charge is 2.39. The third-order valence-corrected chi connectivity index (χ3v) is 4.97. The molecule has 2 heterocycles. The minimum Gasteiger partial charge on any atom is -0.328 e. The van der Waals surface area contributed by atoms with E-state index >= 15 is 0 Å². The summed E-state index contributed by atoms with van der Waals surface area (Å²) in [7, 11) is 0. The van der Waals surface area contributed by atoms with Crippen LogP contribution in [0.3, 0.4) is 0 Å². The van der Waals surface area contributed by atoms with Gasteiger partial charge in [0, 0.05) is 37.2 Å². The van der Waals surface area contributed by atoms with Crippen LogP contribution >= 0.6 is 0 Å². The summed E-state index contributed by atoms with van der Waals surface area (Å²) in [6.07, 6.45) is 1.53. The summed E-state index contributed by atoms with van der Waals surface area (Å²) in [6, 6.07) is 5.72. The van der Waals surface area contributed by atoms with Crippen molar-refractivity contribution < 1.29 is 14.4 Å². The van der Waals surface area contributed by atoms with Gasteiger partial charge < -0.3 is 16.0 Å². The predicted molar refractivity (Wildman–Crippen MR) is 97.1 cm³/mol. The van der Waals surface area contributed by atoms with Gasteiger partial charge in [0.1, 0.15) is 6.04 Å². The van der Waals surface area contributed by atoms with Crippen LogP contribution in [0.2, 0.25) is 0 Å². The van der Waals surface area contributed by atoms with E-state index in [9.17, 15) is 14.4 Å². The van der Waals surface area contributed by atoms with Crippen LogP contribution in [0.5, 0.6) is 0 Å². The molecule has 0 bridgehead atoms. The van der Waals surface area contributed by atoms with Crippen molar-refractivity contribution in [2.75, 3.05) is 0 Å². The summed E-state index contributed by atoms with van der Waals surface area (Å²) in [5, 5.41) is 5.74. The predicted octanol–water partition coefficient (Wildman–Crippen LogP) is 0.663. The second-order valence-corrected chi connectivity index (χ2v) is 7.39. The maximum Gasteiger partial charge on any atom is 0.255 e. The number of carbonyl (C=O) groups is 3. The fraction of sp³-hybridized carbons (Fsp3) is 0.526. The maximum atomic E-state index is 12.8. The molecule has 1 unspecified atom stereocenters. The summed E-state index contributed by atoms with van der Waals surface area (Å²) >= 11 is 0. The minimum atomic E-state index is -0.569. The first-order valence-corrected chi connectivity index (χ1v) is 9.10. The second-order valence-electron chi connectivity index (χ2n) is 7.39. The van der Waals surface area contributed by atoms with Crippen molar-refractivity contribution >= 4 is 17.7 Å². The first-order valence-electron chi connectivity index (χ1n) is 9.10. The molecule has 3 amide bonds. The molecule has 0 aliphatic carbocycles. The van der Waals surface area contributed by atoms with Crippen LogP contribution < -0.4 is 16.4 Å². The Morgan fingerprint density at radius 2 is 2.08 bits per heavy atom. The second kappa shape index (κ2) is 7.55. The lowest BCUT2D eigenvalue weighted by molar-refractivity contribution is -0.136. The first-order chi connectivity index (χ1) is 12.3. The Balaban J connectivity index is 1.67. The molecular weight excluding hydrogens is 332 g/mol. The normalized spacial score (nSPS) is 22.2. The van der Waals surface area contributed by atoms with E-state index in [0.29, 0.717) is 31.1 Å². The number of nitrogens with one attached hydrogen (secondary N) is 2. The third kappa shape index (κ3) is 3.94. The molecule has 7 heteroatoms. The number of nitrogens with two attached hydrogens (primary N) is 1. The largest absolute Gasteiger partial charge is 0.328 e. The van der Waals surface area contributed by atoms with E-state index < -0.39 is 6.04 Å². The fourth-order valence-corrected chi connectivity index (χ4v) is 3.64. The molecule has 1 aromatic rings. The smallest absolute Gasteiger partial charge is 0.255 e. The summed E-state index contributed by atoms with van der Waals surface area (Å²) in [5.74, 6) is -0.793. The monoisotopic (exact) mass is 358 g/mol. The van der Waals surface area contributed by atoms with E-state index in [1.165, 1.54) is 0 Å². The van der Waals surface area contributed by atoms with Crippen molar-refractivity contribution in [1.82, 2.24) is 15.5 Å². The van der Waals surface area contributed by atoms with Gasteiger partial charge in [0.2, 0.25) is 11.8 Å². The Labute approximate surface area is 153 Å². The summed E-state index contributed by atoms with van der Waals surface area (Å²) < 4.78 is 0. The lowest BCUT2D eigenvalue weighted by Crippen LogP contribution is -2.52. The zero-order chi connectivity index (χ0) is 18.8. The van der Waals surface area contributed by atoms with Crippen LogP contribution in [-0.4, -0.2) is 40.7 Å². The van der Waals surface area contributed by atoms with Gasteiger partial charge in [-0.05, 0) is 43.9 Å². The van der Waals surface area contributed by atoms with E-state index in [1.807, 2.05) is 25.1 Å². The number of piperidine rings is 1. The van der Waals surface area contributed by atoms with E-state index in [4.69, 9.17) is 5.73 Å². The molecule has 1 aromatic carbocycles. The van der Waals surface area contributed by atoms with Crippen molar-refractivity contribution in [2.45, 2.75) is 64.3 Å². The summed E-state index contributed by atoms with van der Waals surface area (Å²) in [5.41, 5.74) is 8.41. The average molecular weight is 358 g/mol. The number of imide groups is 1. The highest BCUT2D eigenvalue weighted by molar-refractivity contribution is 6.05. The highest BCUT2D eigenvalue weighted by Crippen LogP contribution is 2.28. The molecule has 3 rings (SSSR count). The van der Waals surface area contributed by atoms with Crippen molar-refractivity contribution in [1.29, 1.82) is 0 Å². The molecule has 4 N–H and O–H groups in total. The number of rotatable bonds is 6. The standard InChI is InChI=1S/C19H26N4O3/c1-11(20)7-12(2)21-9-13-3-4-14-10-23(19(26)15(14)8-13)16-5-6-17(24)22-18(16)25/h3-4,8,11-12,16,21H,5-7,9-10,20H2,1-2H3,(H,22,24,25)/t11-,12-,16?/m1/s1. The summed E-state index contributed by atoms with van der Waals surface area (Å²) in [4.78, 5) is 37.8. The Morgan fingerprint density at radius 1 is 1.31 bits per heavy atom. The number of amides is 3. The molecule has 2 aliphatic heterocycles. The summed E-state index contributed by atoms with van der Waals surface area (Å²) in [6.45, 7) is 5.14. The highest BCUT2D eigenvalue weighted by atomic mass is 16.2. The lowest BCUT2D eigenvalue weighted by atomic mass is 10.0. The van der Waals surface area contributed by atoms with E-state index in [2.05, 4.69) is 17.6 Å². The number of nitrogens with zero attached hydrogens (tertiary/aromatic N) is 1. The van der Waals surface area contributed by atoms with Gasteiger partial charge in [-0.2, -0.15) is 0 Å². The molecule has 1 fully saturated rings. The molecule has 3 atom stereocenters. The molecule has 1 saturated heterocycles. The van der Waals surface area contributed by atoms with E-state index in [0.717, 1.165) is 17.5 Å². The van der Waals surface area contributed by atoms with Gasteiger partial charge in [0.05, 0.1) is 0 Å². The van der Waals surface area contributed by atoms with Crippen LogP contribution in [0.25, 0.3) is 0 Å². The Bertz CT molecular complexity index is 731. The Morgan fingerprint density at radius 3 is 2.77 bits per heavy atom. The lowest BCUT2D eigenvalue weighted by Gasteiger charge is -2.29. The third-order valence-electron chi connectivity index (χ3n) is 4.97. The van der Waals surface area contributed by atoms with E-state index in [1.54, 1.807) is 4.90 Å². The molecule has 0 aromatic heterocycles. The van der Waals surface area contributed by atoms with Crippen molar-refractivity contribution in [3.63, 3.8) is 0 Å². The van der Waals surface area contributed by atoms with Crippen LogP contribution in [0.4, 0.5) is 0 Å². The number of hydrogen-bond acceptors (Lipinski definition) is 5. The first kappa shape index (κ1) is 18.5. The molecule has 7 nitrogen and oxygen atoms in total. The van der Waals surface area contributed by atoms with Crippen molar-refractivity contribution in [3.05, 3.63) is 34.9 Å².